The predicted octanol–water partition coefficient (Wildman–Crippen LogP) is 3.87. The van der Waals surface area contributed by atoms with Crippen LogP contribution in [0, 0.1) is 0 Å². The number of aliphatic hydroxyl groups excluding tert-OH is 1. The van der Waals surface area contributed by atoms with E-state index in [0.29, 0.717) is 5.69 Å². The molecule has 4 rings (SSSR count). The zero-order valence-electron chi connectivity index (χ0n) is 15.1. The minimum Gasteiger partial charge on any atom is -0.390 e. The lowest BCUT2D eigenvalue weighted by atomic mass is 10.0. The predicted molar refractivity (Wildman–Crippen MR) is 108 cm³/mol. The maximum Gasteiger partial charge on any atom is 0.0930 e. The van der Waals surface area contributed by atoms with Gasteiger partial charge in [0, 0.05) is 30.9 Å². The van der Waals surface area contributed by atoms with E-state index in [1.54, 1.807) is 6.07 Å². The largest absolute Gasteiger partial charge is 0.390 e. The molecule has 0 saturated heterocycles. The van der Waals surface area contributed by atoms with Gasteiger partial charge in [0.15, 0.2) is 0 Å². The molecule has 6 heteroatoms. The average Bonchev–Trinajstić information content (AvgIpc) is 2.86. The molecule has 2 heterocycles. The van der Waals surface area contributed by atoms with Crippen molar-refractivity contribution in [1.29, 1.82) is 0 Å². The summed E-state index contributed by atoms with van der Waals surface area (Å²) in [4.78, 5) is 4.59. The summed E-state index contributed by atoms with van der Waals surface area (Å²) in [7, 11) is 2.13. The van der Waals surface area contributed by atoms with Crippen molar-refractivity contribution in [3.05, 3.63) is 70.9 Å². The van der Waals surface area contributed by atoms with Crippen LogP contribution >= 0.6 is 11.6 Å². The molecule has 5 nitrogen and oxygen atoms in total. The Kier molecular flexibility index (Phi) is 5.07. The molecule has 0 aliphatic carbocycles. The van der Waals surface area contributed by atoms with E-state index in [4.69, 9.17) is 16.7 Å². The number of aromatic nitrogens is 2. The number of hydrogen-bond donors (Lipinski definition) is 1. The second kappa shape index (κ2) is 7.64. The highest BCUT2D eigenvalue weighted by Gasteiger charge is 2.21. The first-order valence-corrected chi connectivity index (χ1v) is 9.31. The number of para-hydroxylation sites is 1. The Morgan fingerprint density at radius 3 is 2.59 bits per heavy atom. The number of nitrogens with zero attached hydrogens (tertiary/aromatic N) is 4. The van der Waals surface area contributed by atoms with E-state index >= 15 is 0 Å². The first-order chi connectivity index (χ1) is 13.2. The zero-order valence-corrected chi connectivity index (χ0v) is 15.9. The van der Waals surface area contributed by atoms with Crippen molar-refractivity contribution >= 4 is 23.0 Å². The fourth-order valence-electron chi connectivity index (χ4n) is 3.41. The normalized spacial score (nSPS) is 14.7. The van der Waals surface area contributed by atoms with Crippen LogP contribution in [0.25, 0.3) is 11.3 Å². The average molecular weight is 381 g/mol. The third-order valence-corrected chi connectivity index (χ3v) is 5.16. The minimum atomic E-state index is -0.102. The summed E-state index contributed by atoms with van der Waals surface area (Å²) < 4.78 is 0. The highest BCUT2D eigenvalue weighted by molar-refractivity contribution is 6.33. The molecule has 0 amide bonds. The SMILES string of the molecule is CN1CCN(c2ccccc2Cl)c2ccc(-c3ccc(CO)nn3)cc2C1. The first kappa shape index (κ1) is 17.9. The van der Waals surface area contributed by atoms with E-state index in [9.17, 15) is 0 Å². The number of rotatable bonds is 3. The number of anilines is 2. The Hall–Kier alpha value is -2.47. The van der Waals surface area contributed by atoms with Crippen molar-refractivity contribution in [2.75, 3.05) is 25.0 Å². The van der Waals surface area contributed by atoms with Crippen LogP contribution in [0.3, 0.4) is 0 Å². The summed E-state index contributed by atoms with van der Waals surface area (Å²) in [5, 5.41) is 18.2. The number of hydrogen-bond acceptors (Lipinski definition) is 5. The topological polar surface area (TPSA) is 52.5 Å². The molecular formula is C21H21ClN4O. The van der Waals surface area contributed by atoms with E-state index in [2.05, 4.69) is 51.3 Å². The van der Waals surface area contributed by atoms with Gasteiger partial charge in [0.2, 0.25) is 0 Å². The van der Waals surface area contributed by atoms with Gasteiger partial charge in [-0.2, -0.15) is 10.2 Å². The van der Waals surface area contributed by atoms with E-state index in [0.717, 1.165) is 47.3 Å². The Bertz CT molecular complexity index is 945. The van der Waals surface area contributed by atoms with Crippen molar-refractivity contribution < 1.29 is 5.11 Å². The molecule has 2 aromatic carbocycles. The molecule has 27 heavy (non-hydrogen) atoms. The van der Waals surface area contributed by atoms with E-state index < -0.39 is 0 Å². The van der Waals surface area contributed by atoms with E-state index in [1.165, 1.54) is 5.56 Å². The van der Waals surface area contributed by atoms with Gasteiger partial charge in [-0.05, 0) is 49.0 Å². The summed E-state index contributed by atoms with van der Waals surface area (Å²) in [6.45, 7) is 2.57. The second-order valence-corrected chi connectivity index (χ2v) is 7.16. The van der Waals surface area contributed by atoms with Crippen LogP contribution in [0.2, 0.25) is 5.02 Å². The van der Waals surface area contributed by atoms with Crippen LogP contribution in [-0.4, -0.2) is 40.3 Å². The van der Waals surface area contributed by atoms with Crippen LogP contribution < -0.4 is 4.90 Å². The molecular weight excluding hydrogens is 360 g/mol. The number of benzene rings is 2. The Morgan fingerprint density at radius 2 is 1.85 bits per heavy atom. The van der Waals surface area contributed by atoms with E-state index in [-0.39, 0.29) is 6.61 Å². The molecule has 0 saturated carbocycles. The maximum absolute atomic E-state index is 9.15. The summed E-state index contributed by atoms with van der Waals surface area (Å²) in [6, 6.07) is 18.0. The lowest BCUT2D eigenvalue weighted by molar-refractivity contribution is 0.275. The van der Waals surface area contributed by atoms with Crippen molar-refractivity contribution in [3.8, 4) is 11.3 Å². The zero-order chi connectivity index (χ0) is 18.8. The van der Waals surface area contributed by atoms with Crippen LogP contribution in [0.15, 0.2) is 54.6 Å². The van der Waals surface area contributed by atoms with Crippen LogP contribution in [-0.2, 0) is 13.2 Å². The monoisotopic (exact) mass is 380 g/mol. The third-order valence-electron chi connectivity index (χ3n) is 4.84. The van der Waals surface area contributed by atoms with Gasteiger partial charge in [-0.15, -0.1) is 0 Å². The quantitative estimate of drug-likeness (QED) is 0.747. The minimum absolute atomic E-state index is 0.102. The van der Waals surface area contributed by atoms with Gasteiger partial charge in [0.25, 0.3) is 0 Å². The molecule has 0 spiro atoms. The second-order valence-electron chi connectivity index (χ2n) is 6.75. The smallest absolute Gasteiger partial charge is 0.0930 e. The van der Waals surface area contributed by atoms with Crippen LogP contribution in [0.1, 0.15) is 11.3 Å². The standard InChI is InChI=1S/C21H21ClN4O/c1-25-10-11-26(21-5-3-2-4-18(21)22)20-9-6-15(12-16(20)13-25)19-8-7-17(14-27)23-24-19/h2-9,12,27H,10-11,13-14H2,1H3. The molecule has 3 aromatic rings. The molecule has 0 unspecified atom stereocenters. The molecule has 0 bridgehead atoms. The molecule has 1 aliphatic rings. The summed E-state index contributed by atoms with van der Waals surface area (Å²) in [5.41, 5.74) is 5.79. The number of halogens is 1. The summed E-state index contributed by atoms with van der Waals surface area (Å²) in [5.74, 6) is 0. The van der Waals surface area contributed by atoms with Crippen molar-refractivity contribution in [2.24, 2.45) is 0 Å². The summed E-state index contributed by atoms with van der Waals surface area (Å²) in [6.07, 6.45) is 0. The maximum atomic E-state index is 9.15. The highest BCUT2D eigenvalue weighted by Crippen LogP contribution is 2.37. The van der Waals surface area contributed by atoms with Gasteiger partial charge < -0.3 is 14.9 Å². The Balaban J connectivity index is 1.76. The van der Waals surface area contributed by atoms with Gasteiger partial charge >= 0.3 is 0 Å². The van der Waals surface area contributed by atoms with Crippen molar-refractivity contribution in [3.63, 3.8) is 0 Å². The molecule has 1 aromatic heterocycles. The molecule has 0 fully saturated rings. The lowest BCUT2D eigenvalue weighted by Crippen LogP contribution is -2.26. The number of aliphatic hydroxyl groups is 1. The Labute approximate surface area is 163 Å². The lowest BCUT2D eigenvalue weighted by Gasteiger charge is -2.26. The van der Waals surface area contributed by atoms with Crippen molar-refractivity contribution in [2.45, 2.75) is 13.2 Å². The number of fused-ring (bicyclic) bond motifs is 1. The summed E-state index contributed by atoms with van der Waals surface area (Å²) >= 11 is 6.48. The number of likely N-dealkylation sites (N-methyl/N-ethyl adjacent to an activating group) is 1. The van der Waals surface area contributed by atoms with Gasteiger partial charge in [0.05, 0.1) is 28.7 Å². The fourth-order valence-corrected chi connectivity index (χ4v) is 3.65. The molecule has 0 radical (unpaired) electrons. The van der Waals surface area contributed by atoms with Gasteiger partial charge in [-0.3, -0.25) is 0 Å². The molecule has 138 valence electrons. The van der Waals surface area contributed by atoms with Crippen molar-refractivity contribution in [1.82, 2.24) is 15.1 Å². The van der Waals surface area contributed by atoms with Gasteiger partial charge in [0.1, 0.15) is 0 Å². The highest BCUT2D eigenvalue weighted by atomic mass is 35.5. The molecule has 1 N–H and O–H groups in total. The van der Waals surface area contributed by atoms with E-state index in [1.807, 2.05) is 24.3 Å². The third kappa shape index (κ3) is 3.67. The fraction of sp³-hybridized carbons (Fsp3) is 0.238. The van der Waals surface area contributed by atoms with Gasteiger partial charge in [-0.25, -0.2) is 0 Å². The van der Waals surface area contributed by atoms with Gasteiger partial charge in [-0.1, -0.05) is 29.8 Å². The molecule has 0 atom stereocenters. The first-order valence-electron chi connectivity index (χ1n) is 8.93. The van der Waals surface area contributed by atoms with Crippen LogP contribution in [0.4, 0.5) is 11.4 Å². The van der Waals surface area contributed by atoms with Crippen LogP contribution in [0.5, 0.6) is 0 Å². The molecule has 1 aliphatic heterocycles. The Morgan fingerprint density at radius 1 is 1.00 bits per heavy atom.